The van der Waals surface area contributed by atoms with E-state index in [1.165, 1.54) is 0 Å². The predicted octanol–water partition coefficient (Wildman–Crippen LogP) is 1.42. The Morgan fingerprint density at radius 2 is 2.08 bits per heavy atom. The van der Waals surface area contributed by atoms with Crippen LogP contribution in [0.2, 0.25) is 0 Å². The fourth-order valence-electron chi connectivity index (χ4n) is 1.87. The molecule has 0 aromatic carbocycles. The lowest BCUT2D eigenvalue weighted by Gasteiger charge is -2.35. The van der Waals surface area contributed by atoms with Crippen molar-refractivity contribution in [1.82, 2.24) is 5.32 Å². The fourth-order valence-corrected chi connectivity index (χ4v) is 1.87. The highest BCUT2D eigenvalue weighted by Gasteiger charge is 2.30. The zero-order chi connectivity index (χ0) is 9.57. The zero-order valence-corrected chi connectivity index (χ0v) is 8.65. The van der Waals surface area contributed by atoms with Gasteiger partial charge in [0.05, 0.1) is 0 Å². The summed E-state index contributed by atoms with van der Waals surface area (Å²) in [5, 5.41) is 3.26. The average molecular weight is 181 g/mol. The van der Waals surface area contributed by atoms with Gasteiger partial charge < -0.3 is 10.1 Å². The first-order valence-corrected chi connectivity index (χ1v) is 4.95. The maximum atomic E-state index is 5.38. The molecule has 2 nitrogen and oxygen atoms in total. The Balaban J connectivity index is 2.53. The van der Waals surface area contributed by atoms with Crippen molar-refractivity contribution in [2.75, 3.05) is 26.8 Å². The highest BCUT2D eigenvalue weighted by Crippen LogP contribution is 2.32. The van der Waals surface area contributed by atoms with Crippen LogP contribution in [0.25, 0.3) is 0 Å². The number of hydrogen-bond acceptors (Lipinski definition) is 2. The van der Waals surface area contributed by atoms with Gasteiger partial charge in [-0.3, -0.25) is 0 Å². The lowest BCUT2D eigenvalue weighted by atomic mass is 9.77. The van der Waals surface area contributed by atoms with Crippen LogP contribution in [0.4, 0.5) is 0 Å². The quantitative estimate of drug-likeness (QED) is 0.665. The van der Waals surface area contributed by atoms with E-state index in [4.69, 9.17) is 4.74 Å². The maximum absolute atomic E-state index is 5.38. The number of ether oxygens (including phenoxy) is 1. The van der Waals surface area contributed by atoms with Crippen molar-refractivity contribution in [2.45, 2.75) is 26.2 Å². The topological polar surface area (TPSA) is 21.3 Å². The Kier molecular flexibility index (Phi) is 4.27. The van der Waals surface area contributed by atoms with Gasteiger partial charge in [0.2, 0.25) is 0 Å². The van der Waals surface area contributed by atoms with Crippen molar-refractivity contribution < 1.29 is 4.74 Å². The molecule has 0 bridgehead atoms. The second kappa shape index (κ2) is 5.26. The Hall–Kier alpha value is -0.520. The van der Waals surface area contributed by atoms with E-state index in [0.29, 0.717) is 5.41 Å². The van der Waals surface area contributed by atoms with E-state index < -0.39 is 0 Å². The van der Waals surface area contributed by atoms with Gasteiger partial charge >= 0.3 is 0 Å². The summed E-state index contributed by atoms with van der Waals surface area (Å²) in [7, 11) is 2.01. The van der Waals surface area contributed by atoms with Gasteiger partial charge in [-0.25, -0.2) is 0 Å². The summed E-state index contributed by atoms with van der Waals surface area (Å²) in [6, 6.07) is 0. The summed E-state index contributed by atoms with van der Waals surface area (Å²) in [6.07, 6.45) is 3.29. The van der Waals surface area contributed by atoms with E-state index in [1.807, 2.05) is 14.0 Å². The summed E-state index contributed by atoms with van der Waals surface area (Å²) >= 11 is 0. The van der Waals surface area contributed by atoms with Gasteiger partial charge in [-0.1, -0.05) is 0 Å². The van der Waals surface area contributed by atoms with Gasteiger partial charge in [0.25, 0.3) is 0 Å². The molecule has 0 aromatic rings. The van der Waals surface area contributed by atoms with E-state index in [-0.39, 0.29) is 0 Å². The molecule has 0 amide bonds. The number of rotatable bonds is 3. The molecule has 1 N–H and O–H groups in total. The van der Waals surface area contributed by atoms with E-state index in [0.717, 1.165) is 39.0 Å². The SMILES string of the molecule is CC#CCC1(CNC)CCOCC1. The van der Waals surface area contributed by atoms with Crippen molar-refractivity contribution in [2.24, 2.45) is 5.41 Å². The molecule has 1 heterocycles. The molecule has 0 spiro atoms. The van der Waals surface area contributed by atoms with Crippen molar-refractivity contribution in [3.8, 4) is 11.8 Å². The third-order valence-electron chi connectivity index (χ3n) is 2.75. The molecule has 1 saturated heterocycles. The van der Waals surface area contributed by atoms with E-state index in [9.17, 15) is 0 Å². The summed E-state index contributed by atoms with van der Waals surface area (Å²) in [4.78, 5) is 0. The van der Waals surface area contributed by atoms with Crippen LogP contribution in [-0.4, -0.2) is 26.8 Å². The van der Waals surface area contributed by atoms with Crippen LogP contribution < -0.4 is 5.32 Å². The molecule has 0 aliphatic carbocycles. The van der Waals surface area contributed by atoms with E-state index in [1.54, 1.807) is 0 Å². The molecule has 74 valence electrons. The molecule has 0 atom stereocenters. The molecule has 0 radical (unpaired) electrons. The Bertz CT molecular complexity index is 190. The summed E-state index contributed by atoms with van der Waals surface area (Å²) in [5.41, 5.74) is 0.371. The van der Waals surface area contributed by atoms with Crippen LogP contribution in [0.1, 0.15) is 26.2 Å². The highest BCUT2D eigenvalue weighted by atomic mass is 16.5. The third kappa shape index (κ3) is 3.02. The predicted molar refractivity (Wildman–Crippen MR) is 54.5 cm³/mol. The van der Waals surface area contributed by atoms with Gasteiger partial charge in [-0.2, -0.15) is 0 Å². The second-order valence-corrected chi connectivity index (χ2v) is 3.75. The standard InChI is InChI=1S/C11H19NO/c1-3-4-5-11(10-12-2)6-8-13-9-7-11/h12H,5-10H2,1-2H3. The van der Waals surface area contributed by atoms with E-state index in [2.05, 4.69) is 17.2 Å². The average Bonchev–Trinajstić information content (AvgIpc) is 2.17. The molecule has 0 aromatic heterocycles. The minimum atomic E-state index is 0.371. The number of hydrogen-bond donors (Lipinski definition) is 1. The molecular formula is C11H19NO. The van der Waals surface area contributed by atoms with Gasteiger partial charge in [-0.05, 0) is 32.2 Å². The number of nitrogens with one attached hydrogen (secondary N) is 1. The molecule has 1 aliphatic rings. The Labute approximate surface area is 81.0 Å². The smallest absolute Gasteiger partial charge is 0.0472 e. The third-order valence-corrected chi connectivity index (χ3v) is 2.75. The van der Waals surface area contributed by atoms with Crippen LogP contribution in [0.15, 0.2) is 0 Å². The van der Waals surface area contributed by atoms with Crippen LogP contribution in [-0.2, 0) is 4.74 Å². The van der Waals surface area contributed by atoms with Crippen LogP contribution in [0, 0.1) is 17.3 Å². The molecule has 1 rings (SSSR count). The lowest BCUT2D eigenvalue weighted by molar-refractivity contribution is 0.0182. The molecular weight excluding hydrogens is 162 g/mol. The van der Waals surface area contributed by atoms with Gasteiger partial charge in [0.15, 0.2) is 0 Å². The first-order valence-electron chi connectivity index (χ1n) is 4.95. The molecule has 0 unspecified atom stereocenters. The van der Waals surface area contributed by atoms with Crippen molar-refractivity contribution in [3.63, 3.8) is 0 Å². The summed E-state index contributed by atoms with van der Waals surface area (Å²) < 4.78 is 5.38. The summed E-state index contributed by atoms with van der Waals surface area (Å²) in [5.74, 6) is 6.18. The van der Waals surface area contributed by atoms with Crippen molar-refractivity contribution >= 4 is 0 Å². The molecule has 1 fully saturated rings. The van der Waals surface area contributed by atoms with Gasteiger partial charge in [-0.15, -0.1) is 11.8 Å². The van der Waals surface area contributed by atoms with Crippen molar-refractivity contribution in [1.29, 1.82) is 0 Å². The first-order chi connectivity index (χ1) is 6.33. The van der Waals surface area contributed by atoms with E-state index >= 15 is 0 Å². The lowest BCUT2D eigenvalue weighted by Crippen LogP contribution is -2.37. The Morgan fingerprint density at radius 1 is 1.38 bits per heavy atom. The van der Waals surface area contributed by atoms with Gasteiger partial charge in [0.1, 0.15) is 0 Å². The molecule has 0 saturated carbocycles. The maximum Gasteiger partial charge on any atom is 0.0472 e. The first kappa shape index (κ1) is 10.6. The molecule has 13 heavy (non-hydrogen) atoms. The molecule has 1 aliphatic heterocycles. The zero-order valence-electron chi connectivity index (χ0n) is 8.65. The minimum Gasteiger partial charge on any atom is -0.381 e. The fraction of sp³-hybridized carbons (Fsp3) is 0.818. The second-order valence-electron chi connectivity index (χ2n) is 3.75. The normalized spacial score (nSPS) is 20.5. The van der Waals surface area contributed by atoms with Gasteiger partial charge in [0, 0.05) is 26.2 Å². The van der Waals surface area contributed by atoms with Crippen LogP contribution in [0.3, 0.4) is 0 Å². The minimum absolute atomic E-state index is 0.371. The van der Waals surface area contributed by atoms with Crippen LogP contribution in [0.5, 0.6) is 0 Å². The highest BCUT2D eigenvalue weighted by molar-refractivity contribution is 5.02. The summed E-state index contributed by atoms with van der Waals surface area (Å²) in [6.45, 7) is 4.76. The molecule has 2 heteroatoms. The van der Waals surface area contributed by atoms with Crippen LogP contribution >= 0.6 is 0 Å². The van der Waals surface area contributed by atoms with Crippen molar-refractivity contribution in [3.05, 3.63) is 0 Å². The Morgan fingerprint density at radius 3 is 2.62 bits per heavy atom. The largest absolute Gasteiger partial charge is 0.381 e. The monoisotopic (exact) mass is 181 g/mol.